The lowest BCUT2D eigenvalue weighted by molar-refractivity contribution is -0.132. The van der Waals surface area contributed by atoms with E-state index >= 15 is 0 Å². The van der Waals surface area contributed by atoms with Crippen molar-refractivity contribution in [2.75, 3.05) is 26.4 Å². The fourth-order valence-corrected chi connectivity index (χ4v) is 0.659. The van der Waals surface area contributed by atoms with Crippen LogP contribution in [0.15, 0.2) is 24.8 Å². The van der Waals surface area contributed by atoms with Crippen molar-refractivity contribution in [2.45, 2.75) is 26.1 Å². The van der Waals surface area contributed by atoms with E-state index in [0.29, 0.717) is 12.2 Å². The summed E-state index contributed by atoms with van der Waals surface area (Å²) in [5, 5.41) is 7.89. The van der Waals surface area contributed by atoms with Crippen LogP contribution in [-0.2, 0) is 19.0 Å². The minimum Gasteiger partial charge on any atom is -0.478 e. The molecule has 0 aromatic heterocycles. The zero-order chi connectivity index (χ0) is 14.0. The zero-order valence-electron chi connectivity index (χ0n) is 11.1. The molecule has 2 unspecified atom stereocenters. The third kappa shape index (κ3) is 12.9. The molecule has 0 radical (unpaired) electrons. The Bertz CT molecular complexity index is 243. The summed E-state index contributed by atoms with van der Waals surface area (Å²) in [6.45, 7) is 13.1. The highest BCUT2D eigenvalue weighted by Crippen LogP contribution is 2.12. The highest BCUT2D eigenvalue weighted by atomic mass is 16.6. The van der Waals surface area contributed by atoms with E-state index in [1.807, 2.05) is 6.92 Å². The van der Waals surface area contributed by atoms with Gasteiger partial charge in [0.15, 0.2) is 0 Å². The Kier molecular flexibility index (Phi) is 9.18. The predicted octanol–water partition coefficient (Wildman–Crippen LogP) is 1.64. The first kappa shape index (κ1) is 16.8. The van der Waals surface area contributed by atoms with E-state index in [4.69, 9.17) is 19.3 Å². The Morgan fingerprint density at radius 3 is 1.83 bits per heavy atom. The molecule has 0 spiro atoms. The normalized spacial score (nSPS) is 22.6. The highest BCUT2D eigenvalue weighted by Gasteiger charge is 2.26. The summed E-state index contributed by atoms with van der Waals surface area (Å²) >= 11 is 0. The molecule has 104 valence electrons. The zero-order valence-corrected chi connectivity index (χ0v) is 11.1. The van der Waals surface area contributed by atoms with E-state index in [1.165, 1.54) is 6.92 Å². The monoisotopic (exact) mass is 258 g/mol. The van der Waals surface area contributed by atoms with E-state index in [1.54, 1.807) is 6.08 Å². The molecular formula is C13H22O5. The molecule has 2 saturated heterocycles. The summed E-state index contributed by atoms with van der Waals surface area (Å²) in [7, 11) is 0. The molecule has 0 aromatic carbocycles. The van der Waals surface area contributed by atoms with Crippen molar-refractivity contribution in [1.29, 1.82) is 0 Å². The van der Waals surface area contributed by atoms with Gasteiger partial charge < -0.3 is 19.3 Å². The number of rotatable bonds is 5. The first-order valence-corrected chi connectivity index (χ1v) is 5.78. The Labute approximate surface area is 108 Å². The van der Waals surface area contributed by atoms with Crippen LogP contribution in [0.5, 0.6) is 0 Å². The lowest BCUT2D eigenvalue weighted by atomic mass is 10.4. The Balaban J connectivity index is 0.000000282. The number of hydrogen-bond donors (Lipinski definition) is 1. The molecular weight excluding hydrogens is 236 g/mol. The minimum atomic E-state index is -0.935. The second kappa shape index (κ2) is 9.82. The number of carboxylic acids is 1. The molecule has 18 heavy (non-hydrogen) atoms. The van der Waals surface area contributed by atoms with Crippen molar-refractivity contribution in [1.82, 2.24) is 0 Å². The molecule has 0 aromatic rings. The third-order valence-corrected chi connectivity index (χ3v) is 1.78. The maximum atomic E-state index is 9.60. The molecule has 2 aliphatic rings. The van der Waals surface area contributed by atoms with Gasteiger partial charge in [-0.1, -0.05) is 12.7 Å². The average molecular weight is 258 g/mol. The predicted molar refractivity (Wildman–Crippen MR) is 68.6 cm³/mol. The number of carboxylic acid groups (broad SMARTS) is 1. The Morgan fingerprint density at radius 2 is 1.67 bits per heavy atom. The second-order valence-electron chi connectivity index (χ2n) is 3.94. The quantitative estimate of drug-likeness (QED) is 0.461. The summed E-state index contributed by atoms with van der Waals surface area (Å²) in [6.07, 6.45) is 2.53. The molecule has 0 bridgehead atoms. The van der Waals surface area contributed by atoms with Gasteiger partial charge >= 0.3 is 5.97 Å². The molecule has 2 aliphatic heterocycles. The maximum Gasteiger partial charge on any atom is 0.330 e. The fourth-order valence-electron chi connectivity index (χ4n) is 0.659. The van der Waals surface area contributed by atoms with Gasteiger partial charge in [0, 0.05) is 5.57 Å². The van der Waals surface area contributed by atoms with Crippen LogP contribution in [0, 0.1) is 0 Å². The maximum absolute atomic E-state index is 9.60. The second-order valence-corrected chi connectivity index (χ2v) is 3.94. The van der Waals surface area contributed by atoms with Crippen LogP contribution in [0.3, 0.4) is 0 Å². The van der Waals surface area contributed by atoms with Crippen molar-refractivity contribution >= 4 is 5.97 Å². The van der Waals surface area contributed by atoms with E-state index in [9.17, 15) is 4.79 Å². The molecule has 5 heteroatoms. The molecule has 1 N–H and O–H groups in total. The van der Waals surface area contributed by atoms with Crippen molar-refractivity contribution in [2.24, 2.45) is 0 Å². The van der Waals surface area contributed by atoms with Crippen molar-refractivity contribution in [3.8, 4) is 0 Å². The third-order valence-electron chi connectivity index (χ3n) is 1.78. The number of allylic oxidation sites excluding steroid dienone is 1. The average Bonchev–Trinajstić information content (AvgIpc) is 3.14. The Morgan fingerprint density at radius 1 is 1.39 bits per heavy atom. The van der Waals surface area contributed by atoms with Crippen LogP contribution in [0.25, 0.3) is 0 Å². The van der Waals surface area contributed by atoms with Gasteiger partial charge in [-0.3, -0.25) is 0 Å². The van der Waals surface area contributed by atoms with Gasteiger partial charge in [-0.2, -0.15) is 0 Å². The van der Waals surface area contributed by atoms with E-state index < -0.39 is 5.97 Å². The standard InChI is InChI=1S/C6H10O3.C4H6O2.C3H6/c1(5-3-8-5)7-2-6-4-9-6;1-3(2)4(5)6;1-3-2/h5-6H,1-4H2;1H2,2H3,(H,5,6);3H,1H2,2H3. The molecule has 2 fully saturated rings. The van der Waals surface area contributed by atoms with Gasteiger partial charge in [0.05, 0.1) is 26.4 Å². The summed E-state index contributed by atoms with van der Waals surface area (Å²) < 4.78 is 15.1. The van der Waals surface area contributed by atoms with Crippen molar-refractivity contribution in [3.05, 3.63) is 24.8 Å². The van der Waals surface area contributed by atoms with Crippen LogP contribution >= 0.6 is 0 Å². The SMILES string of the molecule is C(OCC1CO1)C1CO1.C=C(C)C(=O)O.C=CC. The van der Waals surface area contributed by atoms with Crippen LogP contribution in [-0.4, -0.2) is 49.7 Å². The topological polar surface area (TPSA) is 71.6 Å². The summed E-state index contributed by atoms with van der Waals surface area (Å²) in [5.74, 6) is -0.935. The lowest BCUT2D eigenvalue weighted by Crippen LogP contribution is -2.06. The molecule has 0 saturated carbocycles. The molecule has 2 rings (SSSR count). The highest BCUT2D eigenvalue weighted by molar-refractivity contribution is 5.84. The van der Waals surface area contributed by atoms with Crippen molar-refractivity contribution in [3.63, 3.8) is 0 Å². The minimum absolute atomic E-state index is 0.176. The van der Waals surface area contributed by atoms with Gasteiger partial charge in [0.2, 0.25) is 0 Å². The number of ether oxygens (including phenoxy) is 3. The van der Waals surface area contributed by atoms with Crippen LogP contribution in [0.4, 0.5) is 0 Å². The van der Waals surface area contributed by atoms with Crippen molar-refractivity contribution < 1.29 is 24.1 Å². The number of epoxide rings is 2. The van der Waals surface area contributed by atoms with E-state index in [0.717, 1.165) is 26.4 Å². The van der Waals surface area contributed by atoms with Gasteiger partial charge in [0.25, 0.3) is 0 Å². The van der Waals surface area contributed by atoms with E-state index in [-0.39, 0.29) is 5.57 Å². The van der Waals surface area contributed by atoms with Crippen LogP contribution in [0.2, 0.25) is 0 Å². The van der Waals surface area contributed by atoms with Gasteiger partial charge in [-0.05, 0) is 13.8 Å². The smallest absolute Gasteiger partial charge is 0.330 e. The first-order valence-electron chi connectivity index (χ1n) is 5.78. The largest absolute Gasteiger partial charge is 0.478 e. The van der Waals surface area contributed by atoms with Gasteiger partial charge in [-0.25, -0.2) is 4.79 Å². The lowest BCUT2D eigenvalue weighted by Gasteiger charge is -1.95. The molecule has 2 heterocycles. The fraction of sp³-hybridized carbons (Fsp3) is 0.615. The number of carbonyl (C=O) groups is 1. The summed E-state index contributed by atoms with van der Waals surface area (Å²) in [6, 6.07) is 0. The molecule has 5 nitrogen and oxygen atoms in total. The molecule has 0 aliphatic carbocycles. The first-order chi connectivity index (χ1) is 8.51. The number of aliphatic carboxylic acids is 1. The Hall–Kier alpha value is -1.17. The van der Waals surface area contributed by atoms with Crippen LogP contribution in [0.1, 0.15) is 13.8 Å². The summed E-state index contributed by atoms with van der Waals surface area (Å²) in [5.41, 5.74) is 0.176. The molecule has 2 atom stereocenters. The van der Waals surface area contributed by atoms with Gasteiger partial charge in [-0.15, -0.1) is 6.58 Å². The summed E-state index contributed by atoms with van der Waals surface area (Å²) in [4.78, 5) is 9.60. The number of hydrogen-bond acceptors (Lipinski definition) is 4. The molecule has 0 amide bonds. The van der Waals surface area contributed by atoms with Gasteiger partial charge in [0.1, 0.15) is 12.2 Å². The van der Waals surface area contributed by atoms with E-state index in [2.05, 4.69) is 13.2 Å². The van der Waals surface area contributed by atoms with Crippen LogP contribution < -0.4 is 0 Å².